The summed E-state index contributed by atoms with van der Waals surface area (Å²) in [5.41, 5.74) is 0.0429. The highest BCUT2D eigenvalue weighted by Crippen LogP contribution is 2.49. The SMILES string of the molecule is CC1CCC(CBr)(NC(=O)CC2CC3CCC2C3)CC1. The van der Waals surface area contributed by atoms with Crippen LogP contribution in [0.15, 0.2) is 0 Å². The molecule has 2 bridgehead atoms. The smallest absolute Gasteiger partial charge is 0.220 e. The van der Waals surface area contributed by atoms with Crippen LogP contribution in [-0.2, 0) is 4.79 Å². The summed E-state index contributed by atoms with van der Waals surface area (Å²) in [5.74, 6) is 3.63. The first-order chi connectivity index (χ1) is 9.60. The number of hydrogen-bond acceptors (Lipinski definition) is 1. The molecular weight excluding hydrogens is 314 g/mol. The number of amides is 1. The molecule has 3 rings (SSSR count). The summed E-state index contributed by atoms with van der Waals surface area (Å²) in [6, 6.07) is 0. The molecule has 3 fully saturated rings. The lowest BCUT2D eigenvalue weighted by Crippen LogP contribution is -2.52. The molecule has 0 radical (unpaired) electrons. The van der Waals surface area contributed by atoms with E-state index in [1.54, 1.807) is 0 Å². The first-order valence-electron chi connectivity index (χ1n) is 8.47. The Bertz CT molecular complexity index is 362. The van der Waals surface area contributed by atoms with Gasteiger partial charge in [-0.15, -0.1) is 0 Å². The maximum absolute atomic E-state index is 12.5. The van der Waals surface area contributed by atoms with E-state index >= 15 is 0 Å². The number of halogens is 1. The Labute approximate surface area is 131 Å². The second-order valence-electron chi connectivity index (χ2n) is 7.78. The number of fused-ring (bicyclic) bond motifs is 2. The van der Waals surface area contributed by atoms with Crippen LogP contribution in [-0.4, -0.2) is 16.8 Å². The molecule has 3 aliphatic carbocycles. The van der Waals surface area contributed by atoms with Gasteiger partial charge < -0.3 is 5.32 Å². The molecule has 0 saturated heterocycles. The maximum atomic E-state index is 12.5. The second-order valence-corrected chi connectivity index (χ2v) is 8.34. The lowest BCUT2D eigenvalue weighted by atomic mass is 9.78. The van der Waals surface area contributed by atoms with Gasteiger partial charge in [-0.1, -0.05) is 29.3 Å². The van der Waals surface area contributed by atoms with Crippen molar-refractivity contribution in [1.29, 1.82) is 0 Å². The van der Waals surface area contributed by atoms with Crippen LogP contribution in [0.4, 0.5) is 0 Å². The minimum absolute atomic E-state index is 0.0429. The highest BCUT2D eigenvalue weighted by atomic mass is 79.9. The van der Waals surface area contributed by atoms with Gasteiger partial charge in [0.25, 0.3) is 0 Å². The third kappa shape index (κ3) is 3.08. The lowest BCUT2D eigenvalue weighted by Gasteiger charge is -2.39. The fourth-order valence-electron chi connectivity index (χ4n) is 4.82. The topological polar surface area (TPSA) is 29.1 Å². The predicted molar refractivity (Wildman–Crippen MR) is 85.9 cm³/mol. The fourth-order valence-corrected chi connectivity index (χ4v) is 5.52. The summed E-state index contributed by atoms with van der Waals surface area (Å²) < 4.78 is 0. The first-order valence-corrected chi connectivity index (χ1v) is 9.59. The van der Waals surface area contributed by atoms with Crippen LogP contribution in [0.5, 0.6) is 0 Å². The van der Waals surface area contributed by atoms with E-state index in [1.165, 1.54) is 38.5 Å². The average Bonchev–Trinajstić information content (AvgIpc) is 3.04. The highest BCUT2D eigenvalue weighted by Gasteiger charge is 2.41. The van der Waals surface area contributed by atoms with E-state index < -0.39 is 0 Å². The molecule has 20 heavy (non-hydrogen) atoms. The van der Waals surface area contributed by atoms with E-state index in [0.717, 1.165) is 42.3 Å². The molecule has 0 aromatic rings. The second kappa shape index (κ2) is 5.98. The number of carbonyl (C=O) groups is 1. The number of alkyl halides is 1. The van der Waals surface area contributed by atoms with Crippen molar-refractivity contribution in [3.63, 3.8) is 0 Å². The molecule has 114 valence electrons. The summed E-state index contributed by atoms with van der Waals surface area (Å²) >= 11 is 3.65. The molecule has 1 amide bonds. The zero-order valence-corrected chi connectivity index (χ0v) is 14.3. The largest absolute Gasteiger partial charge is 0.350 e. The zero-order chi connectivity index (χ0) is 14.2. The van der Waals surface area contributed by atoms with Gasteiger partial charge in [0, 0.05) is 17.3 Å². The summed E-state index contributed by atoms with van der Waals surface area (Å²) in [6.07, 6.45) is 11.1. The Hall–Kier alpha value is -0.0500. The lowest BCUT2D eigenvalue weighted by molar-refractivity contribution is -0.124. The molecule has 2 nitrogen and oxygen atoms in total. The predicted octanol–water partition coefficient (Wildman–Crippen LogP) is 4.27. The summed E-state index contributed by atoms with van der Waals surface area (Å²) in [6.45, 7) is 2.33. The molecule has 0 heterocycles. The summed E-state index contributed by atoms with van der Waals surface area (Å²) in [4.78, 5) is 12.5. The molecular formula is C17H28BrNO. The molecule has 3 unspecified atom stereocenters. The number of rotatable bonds is 4. The fraction of sp³-hybridized carbons (Fsp3) is 0.941. The molecule has 0 aliphatic heterocycles. The third-order valence-corrected chi connectivity index (χ3v) is 7.30. The van der Waals surface area contributed by atoms with Crippen molar-refractivity contribution in [2.75, 3.05) is 5.33 Å². The Morgan fingerprint density at radius 3 is 2.50 bits per heavy atom. The van der Waals surface area contributed by atoms with E-state index in [4.69, 9.17) is 0 Å². The molecule has 3 heteroatoms. The molecule has 0 spiro atoms. The van der Waals surface area contributed by atoms with Crippen LogP contribution < -0.4 is 5.32 Å². The first kappa shape index (κ1) is 14.9. The van der Waals surface area contributed by atoms with Crippen LogP contribution in [0.3, 0.4) is 0 Å². The Morgan fingerprint density at radius 1 is 1.20 bits per heavy atom. The van der Waals surface area contributed by atoms with Crippen molar-refractivity contribution in [2.45, 2.75) is 70.3 Å². The molecule has 0 aromatic heterocycles. The van der Waals surface area contributed by atoms with Gasteiger partial charge in [0.15, 0.2) is 0 Å². The molecule has 3 aliphatic rings. The minimum Gasteiger partial charge on any atom is -0.350 e. The monoisotopic (exact) mass is 341 g/mol. The Morgan fingerprint density at radius 2 is 1.95 bits per heavy atom. The molecule has 0 aromatic carbocycles. The van der Waals surface area contributed by atoms with Crippen molar-refractivity contribution in [2.24, 2.45) is 23.7 Å². The van der Waals surface area contributed by atoms with Crippen LogP contribution in [0, 0.1) is 23.7 Å². The molecule has 3 saturated carbocycles. The summed E-state index contributed by atoms with van der Waals surface area (Å²) in [5, 5.41) is 4.32. The van der Waals surface area contributed by atoms with Crippen molar-refractivity contribution in [3.05, 3.63) is 0 Å². The van der Waals surface area contributed by atoms with Crippen LogP contribution >= 0.6 is 15.9 Å². The van der Waals surface area contributed by atoms with Crippen molar-refractivity contribution < 1.29 is 4.79 Å². The number of nitrogens with one attached hydrogen (secondary N) is 1. The molecule has 1 N–H and O–H groups in total. The van der Waals surface area contributed by atoms with Crippen molar-refractivity contribution in [3.8, 4) is 0 Å². The van der Waals surface area contributed by atoms with Crippen molar-refractivity contribution in [1.82, 2.24) is 5.32 Å². The number of hydrogen-bond donors (Lipinski definition) is 1. The Balaban J connectivity index is 1.52. The van der Waals surface area contributed by atoms with Gasteiger partial charge in [-0.2, -0.15) is 0 Å². The van der Waals surface area contributed by atoms with E-state index in [0.29, 0.717) is 11.8 Å². The van der Waals surface area contributed by atoms with Crippen LogP contribution in [0.25, 0.3) is 0 Å². The normalized spacial score (nSPS) is 43.7. The van der Waals surface area contributed by atoms with E-state index in [2.05, 4.69) is 28.2 Å². The van der Waals surface area contributed by atoms with Crippen LogP contribution in [0.2, 0.25) is 0 Å². The van der Waals surface area contributed by atoms with Gasteiger partial charge in [-0.3, -0.25) is 4.79 Å². The van der Waals surface area contributed by atoms with Crippen LogP contribution in [0.1, 0.15) is 64.7 Å². The zero-order valence-electron chi connectivity index (χ0n) is 12.7. The van der Waals surface area contributed by atoms with E-state index in [1.807, 2.05) is 0 Å². The quantitative estimate of drug-likeness (QED) is 0.760. The summed E-state index contributed by atoms with van der Waals surface area (Å²) in [7, 11) is 0. The van der Waals surface area contributed by atoms with Gasteiger partial charge in [-0.05, 0) is 68.6 Å². The van der Waals surface area contributed by atoms with Gasteiger partial charge in [-0.25, -0.2) is 0 Å². The molecule has 3 atom stereocenters. The van der Waals surface area contributed by atoms with Gasteiger partial charge >= 0.3 is 0 Å². The van der Waals surface area contributed by atoms with Crippen molar-refractivity contribution >= 4 is 21.8 Å². The minimum atomic E-state index is 0.0429. The van der Waals surface area contributed by atoms with Gasteiger partial charge in [0.2, 0.25) is 5.91 Å². The highest BCUT2D eigenvalue weighted by molar-refractivity contribution is 9.09. The van der Waals surface area contributed by atoms with Gasteiger partial charge in [0.1, 0.15) is 0 Å². The van der Waals surface area contributed by atoms with Gasteiger partial charge in [0.05, 0.1) is 0 Å². The average molecular weight is 342 g/mol. The Kier molecular flexibility index (Phi) is 4.45. The number of carbonyl (C=O) groups excluding carboxylic acids is 1. The standard InChI is InChI=1S/C17H28BrNO/c1-12-4-6-17(11-18,7-5-12)19-16(20)10-15-9-13-2-3-14(15)8-13/h12-15H,2-11H2,1H3,(H,19,20). The third-order valence-electron chi connectivity index (χ3n) is 6.22. The van der Waals surface area contributed by atoms with E-state index in [9.17, 15) is 4.79 Å². The maximum Gasteiger partial charge on any atom is 0.220 e. The van der Waals surface area contributed by atoms with E-state index in [-0.39, 0.29) is 5.54 Å².